The number of unbranched alkanes of at least 4 members (excludes halogenated alkanes) is 18. The van der Waals surface area contributed by atoms with Gasteiger partial charge in [0.05, 0.1) is 6.61 Å². The quantitative estimate of drug-likeness (QED) is 0.0146. The van der Waals surface area contributed by atoms with E-state index in [1.54, 1.807) is 0 Å². The Morgan fingerprint density at radius 2 is 0.866 bits per heavy atom. The molecule has 0 amide bonds. The third-order valence-electron chi connectivity index (χ3n) is 11.5. The van der Waals surface area contributed by atoms with Crippen LogP contribution in [0.4, 0.5) is 0 Å². The summed E-state index contributed by atoms with van der Waals surface area (Å²) < 4.78 is 33.6. The second-order valence-electron chi connectivity index (χ2n) is 17.6. The van der Waals surface area contributed by atoms with E-state index in [4.69, 9.17) is 18.5 Å². The summed E-state index contributed by atoms with van der Waals surface area (Å²) in [6, 6.07) is 0. The second-order valence-corrected chi connectivity index (χ2v) is 19.0. The van der Waals surface area contributed by atoms with Crippen molar-refractivity contribution in [3.8, 4) is 0 Å². The summed E-state index contributed by atoms with van der Waals surface area (Å²) >= 11 is 0. The number of rotatable bonds is 42. The summed E-state index contributed by atoms with van der Waals surface area (Å²) in [5.74, 6) is -1.17. The molecule has 13 nitrogen and oxygen atoms in total. The van der Waals surface area contributed by atoms with Crippen LogP contribution in [0.25, 0.3) is 0 Å². The van der Waals surface area contributed by atoms with Gasteiger partial charge < -0.3 is 39.9 Å². The first-order chi connectivity index (χ1) is 32.4. The van der Waals surface area contributed by atoms with E-state index < -0.39 is 75.7 Å². The Kier molecular flexibility index (Phi) is 39.2. The zero-order valence-electron chi connectivity index (χ0n) is 41.2. The normalized spacial score (nSPS) is 21.7. The maximum Gasteiger partial charge on any atom is 0.472 e. The van der Waals surface area contributed by atoms with Gasteiger partial charge in [-0.15, -0.1) is 0 Å². The first-order valence-electron chi connectivity index (χ1n) is 25.7. The Balaban J connectivity index is 2.43. The number of ether oxygens (including phenoxy) is 2. The molecule has 0 saturated heterocycles. The molecule has 1 saturated carbocycles. The fraction of sp³-hybridized carbons (Fsp3) is 0.736. The average Bonchev–Trinajstić information content (AvgIpc) is 3.31. The number of phosphoric acid groups is 1. The fourth-order valence-corrected chi connectivity index (χ4v) is 8.41. The Bertz CT molecular complexity index is 1440. The van der Waals surface area contributed by atoms with Gasteiger partial charge in [0.2, 0.25) is 0 Å². The van der Waals surface area contributed by atoms with E-state index in [9.17, 15) is 44.6 Å². The summed E-state index contributed by atoms with van der Waals surface area (Å²) in [6.07, 6.45) is 41.0. The largest absolute Gasteiger partial charge is 0.472 e. The minimum atomic E-state index is -5.14. The van der Waals surface area contributed by atoms with Gasteiger partial charge in [-0.1, -0.05) is 177 Å². The number of aliphatic hydroxyl groups is 5. The maximum absolute atomic E-state index is 12.8. The number of esters is 2. The molecule has 0 spiro atoms. The molecule has 14 heteroatoms. The zero-order chi connectivity index (χ0) is 49.2. The lowest BCUT2D eigenvalue weighted by atomic mass is 9.85. The van der Waals surface area contributed by atoms with Gasteiger partial charge >= 0.3 is 19.8 Å². The van der Waals surface area contributed by atoms with Crippen LogP contribution in [0, 0.1) is 0 Å². The predicted molar refractivity (Wildman–Crippen MR) is 267 cm³/mol. The molecular weight excluding hydrogens is 876 g/mol. The number of hydrogen-bond donors (Lipinski definition) is 6. The summed E-state index contributed by atoms with van der Waals surface area (Å²) in [6.45, 7) is 3.15. The van der Waals surface area contributed by atoms with Crippen molar-refractivity contribution in [2.75, 3.05) is 13.2 Å². The lowest BCUT2D eigenvalue weighted by Gasteiger charge is -2.41. The van der Waals surface area contributed by atoms with Crippen LogP contribution < -0.4 is 0 Å². The van der Waals surface area contributed by atoms with Crippen molar-refractivity contribution in [2.45, 2.75) is 236 Å². The minimum absolute atomic E-state index is 0.0153. The van der Waals surface area contributed by atoms with Crippen LogP contribution in [0.1, 0.15) is 194 Å². The van der Waals surface area contributed by atoms with Crippen LogP contribution in [0.5, 0.6) is 0 Å². The highest BCUT2D eigenvalue weighted by molar-refractivity contribution is 7.47. The van der Waals surface area contributed by atoms with E-state index in [0.29, 0.717) is 19.3 Å². The highest BCUT2D eigenvalue weighted by atomic mass is 31.2. The van der Waals surface area contributed by atoms with E-state index in [1.165, 1.54) is 83.5 Å². The van der Waals surface area contributed by atoms with Gasteiger partial charge in [-0.25, -0.2) is 4.57 Å². The molecule has 1 aliphatic rings. The summed E-state index contributed by atoms with van der Waals surface area (Å²) in [5.41, 5.74) is 0. The van der Waals surface area contributed by atoms with Gasteiger partial charge in [-0.3, -0.25) is 18.6 Å². The molecule has 6 atom stereocenters. The summed E-state index contributed by atoms with van der Waals surface area (Å²) in [7, 11) is -5.14. The summed E-state index contributed by atoms with van der Waals surface area (Å²) in [5, 5.41) is 50.3. The second kappa shape index (κ2) is 42.2. The Hall–Kier alpha value is -2.71. The lowest BCUT2D eigenvalue weighted by Crippen LogP contribution is -2.64. The lowest BCUT2D eigenvalue weighted by molar-refractivity contribution is -0.220. The number of phosphoric ester groups is 1. The highest BCUT2D eigenvalue weighted by Gasteiger charge is 2.51. The van der Waals surface area contributed by atoms with Gasteiger partial charge in [0.15, 0.2) is 6.10 Å². The van der Waals surface area contributed by atoms with Gasteiger partial charge in [-0.2, -0.15) is 0 Å². The van der Waals surface area contributed by atoms with Crippen molar-refractivity contribution in [3.63, 3.8) is 0 Å². The van der Waals surface area contributed by atoms with Gasteiger partial charge in [0, 0.05) is 12.8 Å². The van der Waals surface area contributed by atoms with Crippen LogP contribution in [0.15, 0.2) is 72.9 Å². The van der Waals surface area contributed by atoms with Gasteiger partial charge in [-0.05, 0) is 77.0 Å². The zero-order valence-corrected chi connectivity index (χ0v) is 42.1. The monoisotopic (exact) mass is 967 g/mol. The minimum Gasteiger partial charge on any atom is -0.462 e. The molecule has 0 aromatic rings. The van der Waals surface area contributed by atoms with E-state index in [2.05, 4.69) is 74.6 Å². The van der Waals surface area contributed by atoms with E-state index in [-0.39, 0.29) is 12.8 Å². The van der Waals surface area contributed by atoms with Crippen LogP contribution in [-0.2, 0) is 32.7 Å². The molecule has 0 radical (unpaired) electrons. The number of carbonyl (C=O) groups excluding carboxylic acids is 2. The van der Waals surface area contributed by atoms with Gasteiger partial charge in [0.1, 0.15) is 43.2 Å². The molecule has 1 rings (SSSR count). The Morgan fingerprint density at radius 1 is 0.478 bits per heavy atom. The van der Waals surface area contributed by atoms with E-state index in [1.807, 2.05) is 12.2 Å². The SMILES string of the molecule is CC/C=C\C/C=C\C/C=C\C/C=C\C/C=C\CCCC(=O)OC(COC(=O)CCCCCCCCCCC/C=C\CCCCCCCCCC)COP(=O)(O)OC1C(O)C(O)C(O)C(O)C1O. The van der Waals surface area contributed by atoms with Crippen molar-refractivity contribution >= 4 is 19.8 Å². The standard InChI is InChI=1S/C53H91O13P/c1-3-5-7-9-11-13-15-17-19-21-22-23-24-26-27-29-31-33-35-37-39-41-46(54)63-43-45(44-64-67(61,62)66-53-51(59)49(57)48(56)50(58)52(53)60)65-47(55)42-40-38-36-34-32-30-28-25-20-18-16-14-12-10-8-6-4-2/h6,8,12,14,18,20-22,28,30,34,36,45,48-53,56-60H,3-5,7,9-11,13,15-17,19,23-27,29,31-33,35,37-44H2,1-2H3,(H,61,62)/b8-6-,14-12-,20-18-,22-21-,30-28-,36-34-. The van der Waals surface area contributed by atoms with Crippen molar-refractivity contribution in [1.29, 1.82) is 0 Å². The van der Waals surface area contributed by atoms with Crippen molar-refractivity contribution < 1.29 is 63.1 Å². The molecular formula is C53H91O13P. The first-order valence-corrected chi connectivity index (χ1v) is 27.2. The predicted octanol–water partition coefficient (Wildman–Crippen LogP) is 11.1. The highest BCUT2D eigenvalue weighted by Crippen LogP contribution is 2.47. The Morgan fingerprint density at radius 3 is 1.36 bits per heavy atom. The third-order valence-corrected chi connectivity index (χ3v) is 12.5. The fourth-order valence-electron chi connectivity index (χ4n) is 7.44. The van der Waals surface area contributed by atoms with Crippen LogP contribution >= 0.6 is 7.82 Å². The number of carbonyl (C=O) groups is 2. The molecule has 0 aromatic heterocycles. The molecule has 386 valence electrons. The number of aliphatic hydroxyl groups excluding tert-OH is 5. The third kappa shape index (κ3) is 34.3. The molecule has 6 unspecified atom stereocenters. The van der Waals surface area contributed by atoms with E-state index >= 15 is 0 Å². The molecule has 0 bridgehead atoms. The maximum atomic E-state index is 12.8. The first kappa shape index (κ1) is 62.3. The molecule has 1 aliphatic carbocycles. The van der Waals surface area contributed by atoms with Crippen molar-refractivity contribution in [2.24, 2.45) is 0 Å². The van der Waals surface area contributed by atoms with Crippen molar-refractivity contribution in [1.82, 2.24) is 0 Å². The van der Waals surface area contributed by atoms with Gasteiger partial charge in [0.25, 0.3) is 0 Å². The molecule has 0 heterocycles. The number of hydrogen-bond acceptors (Lipinski definition) is 12. The molecule has 0 aromatic carbocycles. The summed E-state index contributed by atoms with van der Waals surface area (Å²) in [4.78, 5) is 35.8. The topological polar surface area (TPSA) is 210 Å². The van der Waals surface area contributed by atoms with Crippen LogP contribution in [0.2, 0.25) is 0 Å². The van der Waals surface area contributed by atoms with Crippen molar-refractivity contribution in [3.05, 3.63) is 72.9 Å². The number of allylic oxidation sites excluding steroid dienone is 12. The molecule has 1 fully saturated rings. The van der Waals surface area contributed by atoms with Crippen LogP contribution in [-0.4, -0.2) is 98.3 Å². The molecule has 0 aliphatic heterocycles. The Labute approximate surface area is 404 Å². The van der Waals surface area contributed by atoms with Crippen LogP contribution in [0.3, 0.4) is 0 Å². The van der Waals surface area contributed by atoms with E-state index in [0.717, 1.165) is 64.2 Å². The average molecular weight is 967 g/mol. The smallest absolute Gasteiger partial charge is 0.462 e. The molecule has 6 N–H and O–H groups in total. The molecule has 67 heavy (non-hydrogen) atoms.